The number of rotatable bonds is 6. The molecule has 2 unspecified atom stereocenters. The van der Waals surface area contributed by atoms with Crippen LogP contribution in [0.15, 0.2) is 79.0 Å². The smallest absolute Gasteiger partial charge is 0.256 e. The third kappa shape index (κ3) is 4.93. The van der Waals surface area contributed by atoms with Crippen LogP contribution in [-0.4, -0.2) is 64.1 Å². The van der Waals surface area contributed by atoms with Gasteiger partial charge in [0.25, 0.3) is 5.91 Å². The first-order valence-corrected chi connectivity index (χ1v) is 13.7. The monoisotopic (exact) mass is 552 g/mol. The van der Waals surface area contributed by atoms with E-state index in [0.717, 1.165) is 27.7 Å². The Morgan fingerprint density at radius 3 is 2.59 bits per heavy atom. The number of nitrogens with one attached hydrogen (secondary N) is 1. The number of carbonyl (C=O) groups excluding carboxylic acids is 3. The number of carbonyl (C=O) groups is 3. The zero-order valence-corrected chi connectivity index (χ0v) is 23.0. The molecule has 9 heteroatoms. The average Bonchev–Trinajstić information content (AvgIpc) is 3.55. The molecule has 1 aromatic heterocycles. The lowest BCUT2D eigenvalue weighted by Gasteiger charge is -2.35. The molecule has 41 heavy (non-hydrogen) atoms. The molecule has 9 nitrogen and oxygen atoms in total. The number of anilines is 1. The molecule has 2 aliphatic rings. The van der Waals surface area contributed by atoms with E-state index in [-0.39, 0.29) is 24.8 Å². The van der Waals surface area contributed by atoms with Crippen molar-refractivity contribution < 1.29 is 24.2 Å². The molecule has 0 aliphatic carbocycles. The van der Waals surface area contributed by atoms with Gasteiger partial charge >= 0.3 is 0 Å². The maximum Gasteiger partial charge on any atom is 0.256 e. The Bertz CT molecular complexity index is 1630. The van der Waals surface area contributed by atoms with Crippen LogP contribution >= 0.6 is 0 Å². The molecule has 1 saturated heterocycles. The molecule has 3 aromatic carbocycles. The van der Waals surface area contributed by atoms with Crippen LogP contribution in [0.25, 0.3) is 10.9 Å². The van der Waals surface area contributed by atoms with Gasteiger partial charge in [-0.2, -0.15) is 0 Å². The first kappa shape index (κ1) is 26.6. The second-order valence-corrected chi connectivity index (χ2v) is 10.7. The number of β-amino-alcohol motifs (C(OH)–C–C–N with tert-alkyl or cyclic N) is 1. The van der Waals surface area contributed by atoms with Crippen molar-refractivity contribution >= 4 is 34.3 Å². The lowest BCUT2D eigenvalue weighted by Crippen LogP contribution is -2.56. The normalized spacial score (nSPS) is 20.3. The van der Waals surface area contributed by atoms with E-state index in [4.69, 9.17) is 4.74 Å². The highest BCUT2D eigenvalue weighted by molar-refractivity contribution is 6.09. The summed E-state index contributed by atoms with van der Waals surface area (Å²) < 4.78 is 7.29. The highest BCUT2D eigenvalue weighted by Gasteiger charge is 2.42. The Hall–Kier alpha value is -4.63. The number of benzene rings is 3. The Morgan fingerprint density at radius 2 is 1.80 bits per heavy atom. The van der Waals surface area contributed by atoms with Crippen LogP contribution < -0.4 is 15.0 Å². The fourth-order valence-electron chi connectivity index (χ4n) is 5.97. The summed E-state index contributed by atoms with van der Waals surface area (Å²) in [5.74, 6) is -0.380. The molecule has 4 aromatic rings. The van der Waals surface area contributed by atoms with Gasteiger partial charge in [0.1, 0.15) is 17.8 Å². The number of aliphatic hydroxyl groups excluding tert-OH is 1. The number of aryl methyl sites for hydroxylation is 1. The summed E-state index contributed by atoms with van der Waals surface area (Å²) in [6, 6.07) is 21.1. The van der Waals surface area contributed by atoms with Crippen molar-refractivity contribution in [2.75, 3.05) is 18.6 Å². The topological polar surface area (TPSA) is 104 Å². The van der Waals surface area contributed by atoms with E-state index in [1.165, 1.54) is 4.90 Å². The number of likely N-dealkylation sites (tertiary alicyclic amines) is 1. The lowest BCUT2D eigenvalue weighted by atomic mass is 9.95. The van der Waals surface area contributed by atoms with Crippen LogP contribution in [-0.2, 0) is 29.6 Å². The third-order valence-electron chi connectivity index (χ3n) is 8.04. The number of aromatic nitrogens is 1. The standard InChI is InChI=1S/C32H32N4O5/c1-34-19-25(24-10-6-7-11-27(24)34)31(39)36-18-22(37)15-29(36)30(38)33-26-14-21-12-13-23(41-2)16-28(21)35(32(26)40)17-20-8-4-3-5-9-20/h3-13,16,19,22,26,29,37H,14-15,17-18H2,1-2H3,(H,33,38)/t22-,26?,29?/m1/s1. The number of hydrogen-bond acceptors (Lipinski definition) is 5. The van der Waals surface area contributed by atoms with Gasteiger partial charge in [-0.25, -0.2) is 0 Å². The Morgan fingerprint density at radius 1 is 1.05 bits per heavy atom. The SMILES string of the molecule is COc1ccc2c(c1)N(Cc1ccccc1)C(=O)C(NC(=O)C1C[C@@H](O)CN1C(=O)c1cn(C)c3ccccc13)C2. The molecule has 0 spiro atoms. The van der Waals surface area contributed by atoms with Crippen molar-refractivity contribution in [2.45, 2.75) is 37.6 Å². The number of nitrogens with zero attached hydrogens (tertiary/aromatic N) is 3. The fourth-order valence-corrected chi connectivity index (χ4v) is 5.97. The molecule has 1 fully saturated rings. The minimum absolute atomic E-state index is 0.0432. The van der Waals surface area contributed by atoms with Crippen LogP contribution in [0.5, 0.6) is 5.75 Å². The number of ether oxygens (including phenoxy) is 1. The van der Waals surface area contributed by atoms with E-state index in [9.17, 15) is 19.5 Å². The second-order valence-electron chi connectivity index (χ2n) is 10.7. The zero-order chi connectivity index (χ0) is 28.7. The highest BCUT2D eigenvalue weighted by atomic mass is 16.5. The third-order valence-corrected chi connectivity index (χ3v) is 8.04. The highest BCUT2D eigenvalue weighted by Crippen LogP contribution is 2.33. The first-order valence-electron chi connectivity index (χ1n) is 13.7. The molecule has 2 aliphatic heterocycles. The number of para-hydroxylation sites is 1. The number of methoxy groups -OCH3 is 1. The van der Waals surface area contributed by atoms with Gasteiger partial charge in [-0.15, -0.1) is 0 Å². The van der Waals surface area contributed by atoms with Crippen molar-refractivity contribution in [1.29, 1.82) is 0 Å². The summed E-state index contributed by atoms with van der Waals surface area (Å²) in [5, 5.41) is 14.2. The first-order chi connectivity index (χ1) is 19.8. The van der Waals surface area contributed by atoms with E-state index in [1.54, 1.807) is 18.2 Å². The second kappa shape index (κ2) is 10.7. The summed E-state index contributed by atoms with van der Waals surface area (Å²) in [4.78, 5) is 44.3. The molecule has 3 amide bonds. The van der Waals surface area contributed by atoms with Crippen LogP contribution in [0.3, 0.4) is 0 Å². The number of aliphatic hydroxyl groups is 1. The number of hydrogen-bond donors (Lipinski definition) is 2. The predicted octanol–water partition coefficient (Wildman–Crippen LogP) is 3.04. The molecule has 3 atom stereocenters. The number of fused-ring (bicyclic) bond motifs is 2. The molecule has 6 rings (SSSR count). The molecule has 2 N–H and O–H groups in total. The molecule has 0 saturated carbocycles. The van der Waals surface area contributed by atoms with Gasteiger partial charge < -0.3 is 29.5 Å². The van der Waals surface area contributed by atoms with Gasteiger partial charge in [0.15, 0.2) is 0 Å². The van der Waals surface area contributed by atoms with Gasteiger partial charge in [0, 0.05) is 49.6 Å². The number of amides is 3. The van der Waals surface area contributed by atoms with Crippen LogP contribution in [0.1, 0.15) is 27.9 Å². The summed E-state index contributed by atoms with van der Waals surface area (Å²) in [6.45, 7) is 0.377. The molecule has 210 valence electrons. The van der Waals surface area contributed by atoms with Crippen molar-refractivity contribution in [3.8, 4) is 5.75 Å². The van der Waals surface area contributed by atoms with E-state index in [0.29, 0.717) is 24.3 Å². The van der Waals surface area contributed by atoms with E-state index >= 15 is 0 Å². The van der Waals surface area contributed by atoms with Gasteiger partial charge in [0.05, 0.1) is 31.0 Å². The Labute approximate surface area is 237 Å². The molecule has 3 heterocycles. The van der Waals surface area contributed by atoms with Gasteiger partial charge in [-0.05, 0) is 23.3 Å². The minimum Gasteiger partial charge on any atom is -0.497 e. The maximum atomic E-state index is 13.8. The molecular formula is C32H32N4O5. The van der Waals surface area contributed by atoms with E-state index in [2.05, 4.69) is 5.32 Å². The quantitative estimate of drug-likeness (QED) is 0.383. The summed E-state index contributed by atoms with van der Waals surface area (Å²) >= 11 is 0. The predicted molar refractivity (Wildman–Crippen MR) is 155 cm³/mol. The van der Waals surface area contributed by atoms with E-state index in [1.807, 2.05) is 84.4 Å². The average molecular weight is 553 g/mol. The van der Waals surface area contributed by atoms with Crippen molar-refractivity contribution in [2.24, 2.45) is 7.05 Å². The largest absolute Gasteiger partial charge is 0.497 e. The van der Waals surface area contributed by atoms with Gasteiger partial charge in [-0.1, -0.05) is 54.6 Å². The van der Waals surface area contributed by atoms with Crippen LogP contribution in [0, 0.1) is 0 Å². The van der Waals surface area contributed by atoms with Gasteiger partial charge in [-0.3, -0.25) is 14.4 Å². The summed E-state index contributed by atoms with van der Waals surface area (Å²) in [5.41, 5.74) is 3.97. The summed E-state index contributed by atoms with van der Waals surface area (Å²) in [6.07, 6.45) is 1.32. The Kier molecular flexibility index (Phi) is 6.96. The van der Waals surface area contributed by atoms with E-state index < -0.39 is 24.1 Å². The fraction of sp³-hybridized carbons (Fsp3) is 0.281. The molecular weight excluding hydrogens is 520 g/mol. The van der Waals surface area contributed by atoms with Gasteiger partial charge in [0.2, 0.25) is 11.8 Å². The summed E-state index contributed by atoms with van der Waals surface area (Å²) in [7, 11) is 3.45. The lowest BCUT2D eigenvalue weighted by molar-refractivity contribution is -0.130. The molecule has 0 radical (unpaired) electrons. The van der Waals surface area contributed by atoms with Crippen molar-refractivity contribution in [1.82, 2.24) is 14.8 Å². The van der Waals surface area contributed by atoms with Crippen LogP contribution in [0.4, 0.5) is 5.69 Å². The maximum absolute atomic E-state index is 13.8. The minimum atomic E-state index is -0.899. The van der Waals surface area contributed by atoms with Crippen LogP contribution in [0.2, 0.25) is 0 Å². The van der Waals surface area contributed by atoms with Crippen molar-refractivity contribution in [3.63, 3.8) is 0 Å². The Balaban J connectivity index is 1.26. The molecule has 0 bridgehead atoms. The zero-order valence-electron chi connectivity index (χ0n) is 23.0. The van der Waals surface area contributed by atoms with Crippen molar-refractivity contribution in [3.05, 3.63) is 95.7 Å².